The molecule has 5 aliphatic carbocycles. The molecule has 0 amide bonds. The lowest BCUT2D eigenvalue weighted by atomic mass is 9.33. The highest BCUT2D eigenvalue weighted by Gasteiger charge is 2.70. The van der Waals surface area contributed by atoms with Crippen LogP contribution in [-0.2, 0) is 52.2 Å². The van der Waals surface area contributed by atoms with Crippen LogP contribution >= 0.6 is 0 Å². The quantitative estimate of drug-likeness (QED) is 0.0652. The maximum Gasteiger partial charge on any atom is 0.315 e. The molecule has 5 heterocycles. The van der Waals surface area contributed by atoms with E-state index in [-0.39, 0.29) is 65.3 Å². The van der Waals surface area contributed by atoms with Crippen molar-refractivity contribution in [1.82, 2.24) is 0 Å². The van der Waals surface area contributed by atoms with Gasteiger partial charge in [0, 0.05) is 0 Å². The van der Waals surface area contributed by atoms with Crippen molar-refractivity contribution in [3.8, 4) is 0 Å². The summed E-state index contributed by atoms with van der Waals surface area (Å²) in [6.07, 6.45) is -23.5. The Morgan fingerprint density at radius 3 is 1.81 bits per heavy atom. The van der Waals surface area contributed by atoms with Crippen molar-refractivity contribution in [2.75, 3.05) is 26.4 Å². The summed E-state index contributed by atoms with van der Waals surface area (Å²) in [7, 11) is 0. The predicted octanol–water partition coefficient (Wildman–Crippen LogP) is -1.27. The first-order valence-electron chi connectivity index (χ1n) is 29.4. The maximum atomic E-state index is 15.1. The van der Waals surface area contributed by atoms with Crippen LogP contribution in [0.4, 0.5) is 0 Å². The number of aliphatic hydroxyl groups is 13. The molecule has 5 saturated heterocycles. The van der Waals surface area contributed by atoms with Crippen molar-refractivity contribution in [3.05, 3.63) is 11.6 Å². The summed E-state index contributed by atoms with van der Waals surface area (Å²) in [6.45, 7) is 16.0. The number of esters is 1. The molecule has 81 heavy (non-hydrogen) atoms. The second-order valence-corrected chi connectivity index (χ2v) is 27.7. The first kappa shape index (κ1) is 62.4. The van der Waals surface area contributed by atoms with E-state index in [0.29, 0.717) is 19.3 Å². The zero-order valence-corrected chi connectivity index (χ0v) is 47.8. The molecule has 0 unspecified atom stereocenters. The fourth-order valence-electron chi connectivity index (χ4n) is 17.1. The molecule has 0 spiro atoms. The van der Waals surface area contributed by atoms with Gasteiger partial charge in [-0.25, -0.2) is 0 Å². The number of aliphatic hydroxyl groups excluding tert-OH is 13. The molecule has 0 aromatic rings. The monoisotopic (exact) mass is 1160 g/mol. The van der Waals surface area contributed by atoms with Crippen molar-refractivity contribution in [2.24, 2.45) is 50.2 Å². The fourth-order valence-corrected chi connectivity index (χ4v) is 17.1. The second-order valence-electron chi connectivity index (χ2n) is 27.7. The first-order chi connectivity index (χ1) is 37.9. The smallest absolute Gasteiger partial charge is 0.315 e. The van der Waals surface area contributed by atoms with Crippen molar-refractivity contribution < 1.29 is 119 Å². The minimum atomic E-state index is -1.77. The summed E-state index contributed by atoms with van der Waals surface area (Å²) in [5, 5.41) is 139. The summed E-state index contributed by atoms with van der Waals surface area (Å²) in [5.74, 6) is -0.208. The van der Waals surface area contributed by atoms with Gasteiger partial charge in [-0.2, -0.15) is 0 Å². The molecule has 13 N–H and O–H groups in total. The minimum absolute atomic E-state index is 0.0980. The van der Waals surface area contributed by atoms with Crippen molar-refractivity contribution >= 4 is 5.97 Å². The molecule has 10 rings (SSSR count). The van der Waals surface area contributed by atoms with Crippen LogP contribution in [0.3, 0.4) is 0 Å². The lowest BCUT2D eigenvalue weighted by Gasteiger charge is -2.71. The summed E-state index contributed by atoms with van der Waals surface area (Å²) in [4.78, 5) is 15.1. The van der Waals surface area contributed by atoms with Crippen LogP contribution in [-0.4, -0.2) is 240 Å². The lowest BCUT2D eigenvalue weighted by molar-refractivity contribution is -0.362. The van der Waals surface area contributed by atoms with Gasteiger partial charge in [0.15, 0.2) is 25.2 Å². The molecule has 5 aliphatic heterocycles. The van der Waals surface area contributed by atoms with Crippen molar-refractivity contribution in [3.63, 3.8) is 0 Å². The number of carbonyl (C=O) groups excluding carboxylic acids is 1. The average molecular weight is 1160 g/mol. The number of fused-ring (bicyclic) bond motifs is 7. The molecule has 4 saturated carbocycles. The molecule has 0 aromatic heterocycles. The van der Waals surface area contributed by atoms with Gasteiger partial charge in [0.2, 0.25) is 6.29 Å². The van der Waals surface area contributed by atoms with E-state index in [4.69, 9.17) is 47.4 Å². The Kier molecular flexibility index (Phi) is 17.6. The van der Waals surface area contributed by atoms with E-state index < -0.39 is 159 Å². The third-order valence-electron chi connectivity index (χ3n) is 22.4. The zero-order valence-electron chi connectivity index (χ0n) is 47.8. The molecular weight excluding hydrogens is 1070 g/mol. The number of carbonyl (C=O) groups is 1. The topological polar surface area (TPSA) is 372 Å². The van der Waals surface area contributed by atoms with E-state index in [1.807, 2.05) is 0 Å². The molecular formula is C57H92O24. The van der Waals surface area contributed by atoms with Crippen LogP contribution in [0.5, 0.6) is 0 Å². The Morgan fingerprint density at radius 2 is 1.15 bits per heavy atom. The molecule has 0 bridgehead atoms. The van der Waals surface area contributed by atoms with E-state index in [2.05, 4.69) is 54.5 Å². The maximum absolute atomic E-state index is 15.1. The standard InChI is InChI=1S/C57H92O24/c1-24-34(60)45(80-47-40(66)35(61)27(59)21-72-47)44(70)50(75-24)78-30-23-74-48(42(68)38(30)64)81-51(71)57-17-15-52(2,3)19-26(57)25-9-10-32-54(6)13-12-33(53(4,5)31(54)11-14-56(32,8)55(25,7)16-18-57)79-46-41(67)37(63)29(22-73-46)77-49-43(69)39(65)36(62)28(20-58)76-49/h9,24,26-50,58-70H,10-23H2,1-8H3/t24-,26+,27+,28+,29-,30+,31+,32+,33-,34-,35-,36+,37-,38-,39-,40+,41+,42+,43+,44+,45+,46-,47-,48-,49-,50-,54-,55+,56+,57-/m0/s1. The van der Waals surface area contributed by atoms with Crippen LogP contribution in [0.2, 0.25) is 0 Å². The molecule has 24 heteroatoms. The molecule has 30 atom stereocenters. The summed E-state index contributed by atoms with van der Waals surface area (Å²) >= 11 is 0. The van der Waals surface area contributed by atoms with Crippen LogP contribution in [0, 0.1) is 50.2 Å². The van der Waals surface area contributed by atoms with E-state index in [9.17, 15) is 66.4 Å². The Morgan fingerprint density at radius 1 is 0.568 bits per heavy atom. The van der Waals surface area contributed by atoms with Gasteiger partial charge >= 0.3 is 5.97 Å². The number of rotatable bonds is 11. The summed E-state index contributed by atoms with van der Waals surface area (Å²) in [5.41, 5.74) is -0.748. The van der Waals surface area contributed by atoms with Gasteiger partial charge in [-0.1, -0.05) is 60.1 Å². The molecule has 24 nitrogen and oxygen atoms in total. The van der Waals surface area contributed by atoms with Crippen molar-refractivity contribution in [1.29, 1.82) is 0 Å². The third-order valence-corrected chi connectivity index (χ3v) is 22.4. The highest BCUT2D eigenvalue weighted by molar-refractivity contribution is 5.79. The zero-order chi connectivity index (χ0) is 58.8. The molecule has 464 valence electrons. The number of hydrogen-bond acceptors (Lipinski definition) is 24. The van der Waals surface area contributed by atoms with E-state index in [0.717, 1.165) is 44.9 Å². The second kappa shape index (κ2) is 22.8. The highest BCUT2D eigenvalue weighted by atomic mass is 16.8. The molecule has 0 radical (unpaired) electrons. The predicted molar refractivity (Wildman–Crippen MR) is 276 cm³/mol. The molecule has 10 aliphatic rings. The van der Waals surface area contributed by atoms with Gasteiger partial charge in [-0.15, -0.1) is 0 Å². The van der Waals surface area contributed by atoms with Gasteiger partial charge in [0.25, 0.3) is 0 Å². The van der Waals surface area contributed by atoms with Gasteiger partial charge in [0.05, 0.1) is 44.1 Å². The lowest BCUT2D eigenvalue weighted by Crippen LogP contribution is -2.66. The van der Waals surface area contributed by atoms with Gasteiger partial charge in [0.1, 0.15) is 97.7 Å². The van der Waals surface area contributed by atoms with Crippen LogP contribution in [0.1, 0.15) is 120 Å². The SMILES string of the molecule is C[C@@H]1O[C@@H](O[C@@H]2CO[C@@H](OC(=O)[C@]34CCC(C)(C)C[C@@H]3C3=CC[C@@H]5[C@@]6(C)CC[C@H](O[C@@H]7OC[C@H](O[C@@H]8O[C@H](CO)[C@@H](O)[C@H](O)[C@H]8O)[C@H](O)[C@H]7O)C(C)(C)[C@H]6CC[C@@]5(C)[C@]3(C)CC4)[C@H](O)[C@H]2O)[C@H](O)[C@H](O[C@@H]2OC[C@@H](O)[C@H](O)[C@H]2O)[C@H]1O. The van der Waals surface area contributed by atoms with Crippen molar-refractivity contribution in [2.45, 2.75) is 261 Å². The number of allylic oxidation sites excluding steroid dienone is 2. The van der Waals surface area contributed by atoms with Crippen LogP contribution in [0.25, 0.3) is 0 Å². The van der Waals surface area contributed by atoms with Gasteiger partial charge < -0.3 is 114 Å². The fraction of sp³-hybridized carbons (Fsp3) is 0.947. The van der Waals surface area contributed by atoms with E-state index >= 15 is 4.79 Å². The summed E-state index contributed by atoms with van der Waals surface area (Å²) < 4.78 is 58.8. The van der Waals surface area contributed by atoms with Gasteiger partial charge in [-0.05, 0) is 116 Å². The Bertz CT molecular complexity index is 2250. The van der Waals surface area contributed by atoms with Gasteiger partial charge in [-0.3, -0.25) is 4.79 Å². The highest BCUT2D eigenvalue weighted by Crippen LogP contribution is 2.76. The van der Waals surface area contributed by atoms with E-state index in [1.165, 1.54) is 12.5 Å². The number of ether oxygens (including phenoxy) is 10. The molecule has 0 aromatic carbocycles. The van der Waals surface area contributed by atoms with Crippen LogP contribution in [0.15, 0.2) is 11.6 Å². The Labute approximate surface area is 472 Å². The van der Waals surface area contributed by atoms with Crippen LogP contribution < -0.4 is 0 Å². The third kappa shape index (κ3) is 10.5. The minimum Gasteiger partial charge on any atom is -0.432 e. The Hall–Kier alpha value is -1.67. The largest absolute Gasteiger partial charge is 0.432 e. The van der Waals surface area contributed by atoms with E-state index in [1.54, 1.807) is 0 Å². The normalized spacial score (nSPS) is 54.4. The Balaban J connectivity index is 0.794. The molecule has 9 fully saturated rings. The number of hydrogen-bond donors (Lipinski definition) is 13. The summed E-state index contributed by atoms with van der Waals surface area (Å²) in [6, 6.07) is 0. The average Bonchev–Trinajstić information content (AvgIpc) is 1.09. The first-order valence-corrected chi connectivity index (χ1v) is 29.4.